The van der Waals surface area contributed by atoms with Crippen LogP contribution in [0.1, 0.15) is 23.6 Å². The Morgan fingerprint density at radius 2 is 0.877 bits per heavy atom. The van der Waals surface area contributed by atoms with Crippen molar-refractivity contribution in [1.29, 1.82) is 0 Å². The normalized spacial score (nSPS) is 11.5. The zero-order valence-electron chi connectivity index (χ0n) is 30.8. The number of anilines is 3. The van der Waals surface area contributed by atoms with Crippen LogP contribution in [-0.4, -0.2) is 72.3 Å². The number of nitrogens with zero attached hydrogens (tertiary/aromatic N) is 1. The largest absolute Gasteiger partial charge is 0.472 e. The zero-order chi connectivity index (χ0) is 43.4. The topological polar surface area (TPSA) is 203 Å². The smallest absolute Gasteiger partial charge is 0.437 e. The summed E-state index contributed by atoms with van der Waals surface area (Å²) < 4.78 is 108. The van der Waals surface area contributed by atoms with E-state index >= 15 is 0 Å². The van der Waals surface area contributed by atoms with Crippen LogP contribution < -0.4 is 42.8 Å². The summed E-state index contributed by atoms with van der Waals surface area (Å²) >= 11 is 0. The Morgan fingerprint density at radius 3 is 1.18 bits per heavy atom. The number of alkyl halides is 9. The van der Waals surface area contributed by atoms with Gasteiger partial charge in [-0.25, -0.2) is 0 Å². The van der Waals surface area contributed by atoms with Gasteiger partial charge in [-0.3, -0.25) is 36.7 Å². The third-order valence-electron chi connectivity index (χ3n) is 6.50. The van der Waals surface area contributed by atoms with Gasteiger partial charge in [0.1, 0.15) is 5.71 Å². The number of hydrazine groups is 2. The molecule has 0 aliphatic carbocycles. The van der Waals surface area contributed by atoms with Crippen LogP contribution in [0.15, 0.2) is 77.9 Å². The molecule has 0 unspecified atom stereocenters. The number of rotatable bonds is 15. The van der Waals surface area contributed by atoms with Crippen molar-refractivity contribution in [2.24, 2.45) is 5.10 Å². The Kier molecular flexibility index (Phi) is 21.0. The first-order valence-electron chi connectivity index (χ1n) is 16.5. The Morgan fingerprint density at radius 1 is 0.561 bits per heavy atom. The lowest BCUT2D eigenvalue weighted by Crippen LogP contribution is -2.40. The summed E-state index contributed by atoms with van der Waals surface area (Å²) in [4.78, 5) is 21.2. The predicted octanol–water partition coefficient (Wildman–Crippen LogP) is 4.02. The number of hydrogen-bond acceptors (Lipinski definition) is 12. The van der Waals surface area contributed by atoms with Gasteiger partial charge in [0, 0.05) is 19.6 Å². The van der Waals surface area contributed by atoms with E-state index < -0.39 is 57.2 Å². The first-order chi connectivity index (χ1) is 26.4. The van der Waals surface area contributed by atoms with E-state index in [9.17, 15) is 49.1 Å². The minimum Gasteiger partial charge on any atom is -0.437 e. The number of amides is 2. The lowest BCUT2D eigenvalue weighted by molar-refractivity contribution is -0.173. The van der Waals surface area contributed by atoms with Gasteiger partial charge < -0.3 is 30.8 Å². The van der Waals surface area contributed by atoms with Crippen LogP contribution in [0.2, 0.25) is 20.5 Å². The molecule has 2 amide bonds. The van der Waals surface area contributed by atoms with Crippen molar-refractivity contribution >= 4 is 55.7 Å². The van der Waals surface area contributed by atoms with Gasteiger partial charge in [0.05, 0.1) is 17.1 Å². The molecule has 11 N–H and O–H groups in total. The van der Waals surface area contributed by atoms with Crippen LogP contribution in [0.25, 0.3) is 0 Å². The van der Waals surface area contributed by atoms with E-state index in [0.717, 1.165) is 23.6 Å². The summed E-state index contributed by atoms with van der Waals surface area (Å²) in [5, 5.41) is 38.7. The minimum atomic E-state index is -4.93. The van der Waals surface area contributed by atoms with E-state index in [2.05, 4.69) is 37.1 Å². The third-order valence-corrected chi connectivity index (χ3v) is 6.50. The number of hydrazone groups is 1. The number of hydrogen-bond donors (Lipinski definition) is 11. The van der Waals surface area contributed by atoms with E-state index in [0.29, 0.717) is 36.7 Å². The Hall–Kier alpha value is -5.01. The quantitative estimate of drug-likeness (QED) is 0.0458. The maximum absolute atomic E-state index is 12.2. The molecule has 0 aliphatic heterocycles. The molecular formula is C31H41B3F9N9O5. The standard InChI is InChI=1S/C11H15BF3N3O.2C10H13BF3N3O2/c1-8(11(13,14)15)17-18-10-5-3-4-9(6-10)7-16-12(2)19;2*1-11(19)15-6-7-3-2-4-8(5-7)16-17-9(18)10(12,13)14/h3-6,16,18-19H,7H2,1-2H3;2*2-5,15-16,19H,6H2,1H3,(H,17,18)/b17-8-;;. The summed E-state index contributed by atoms with van der Waals surface area (Å²) in [6.45, 7) is 6.68. The molecule has 0 aromatic heterocycles. The Bertz CT molecular complexity index is 1640. The average molecular weight is 823 g/mol. The van der Waals surface area contributed by atoms with Crippen LogP contribution in [-0.2, 0) is 29.2 Å². The molecule has 14 nitrogen and oxygen atoms in total. The van der Waals surface area contributed by atoms with E-state index in [4.69, 9.17) is 15.1 Å². The van der Waals surface area contributed by atoms with Gasteiger partial charge in [-0.2, -0.15) is 44.6 Å². The highest BCUT2D eigenvalue weighted by Crippen LogP contribution is 2.19. The maximum Gasteiger partial charge on any atom is 0.472 e. The molecule has 312 valence electrons. The first kappa shape index (κ1) is 50.0. The second-order valence-electron chi connectivity index (χ2n) is 11.7. The molecule has 0 bridgehead atoms. The van der Waals surface area contributed by atoms with Crippen LogP contribution in [0.4, 0.5) is 56.6 Å². The molecule has 0 radical (unpaired) electrons. The van der Waals surface area contributed by atoms with Gasteiger partial charge in [-0.1, -0.05) is 36.4 Å². The molecular weight excluding hydrogens is 782 g/mol. The van der Waals surface area contributed by atoms with Crippen LogP contribution in [0, 0.1) is 0 Å². The first-order valence-corrected chi connectivity index (χ1v) is 16.5. The molecule has 0 heterocycles. The molecule has 3 aromatic carbocycles. The van der Waals surface area contributed by atoms with Crippen molar-refractivity contribution < 1.29 is 64.2 Å². The molecule has 0 fully saturated rings. The molecule has 0 aliphatic rings. The summed E-state index contributed by atoms with van der Waals surface area (Å²) in [6.07, 6.45) is -14.3. The lowest BCUT2D eigenvalue weighted by atomic mass is 9.88. The van der Waals surface area contributed by atoms with Crippen molar-refractivity contribution in [3.8, 4) is 0 Å². The van der Waals surface area contributed by atoms with Gasteiger partial charge in [-0.05, 0) is 80.5 Å². The molecule has 0 saturated carbocycles. The summed E-state index contributed by atoms with van der Waals surface area (Å²) in [7, 11) is -2.04. The van der Waals surface area contributed by atoms with Crippen LogP contribution in [0.5, 0.6) is 0 Å². The van der Waals surface area contributed by atoms with Gasteiger partial charge in [0.15, 0.2) is 0 Å². The second kappa shape index (κ2) is 23.9. The minimum absolute atomic E-state index is 0.308. The van der Waals surface area contributed by atoms with Gasteiger partial charge in [-0.15, -0.1) is 0 Å². The third kappa shape index (κ3) is 23.0. The maximum atomic E-state index is 12.2. The second-order valence-corrected chi connectivity index (χ2v) is 11.7. The van der Waals surface area contributed by atoms with Gasteiger partial charge in [0.25, 0.3) is 0 Å². The van der Waals surface area contributed by atoms with Crippen LogP contribution in [0.3, 0.4) is 0 Å². The van der Waals surface area contributed by atoms with E-state index in [-0.39, 0.29) is 0 Å². The molecule has 0 saturated heterocycles. The van der Waals surface area contributed by atoms with Gasteiger partial charge in [0.2, 0.25) is 0 Å². The number of carbonyl (C=O) groups excluding carboxylic acids is 2. The Balaban J connectivity index is 0.000000427. The Labute approximate surface area is 322 Å². The summed E-state index contributed by atoms with van der Waals surface area (Å²) in [5.74, 6) is -4.14. The van der Waals surface area contributed by atoms with Crippen molar-refractivity contribution in [3.63, 3.8) is 0 Å². The van der Waals surface area contributed by atoms with Crippen molar-refractivity contribution in [2.45, 2.75) is 65.6 Å². The lowest BCUT2D eigenvalue weighted by Gasteiger charge is -2.11. The number of carbonyl (C=O) groups is 2. The van der Waals surface area contributed by atoms with E-state index in [1.165, 1.54) is 12.1 Å². The van der Waals surface area contributed by atoms with Crippen molar-refractivity contribution in [2.75, 3.05) is 16.3 Å². The number of benzene rings is 3. The zero-order valence-corrected chi connectivity index (χ0v) is 30.8. The van der Waals surface area contributed by atoms with Crippen molar-refractivity contribution in [1.82, 2.24) is 26.5 Å². The fourth-order valence-electron chi connectivity index (χ4n) is 3.68. The molecule has 3 aromatic rings. The number of nitrogens with one attached hydrogen (secondary N) is 8. The van der Waals surface area contributed by atoms with Crippen LogP contribution >= 0.6 is 0 Å². The summed E-state index contributed by atoms with van der Waals surface area (Å²) in [5.41, 5.74) is 12.2. The highest BCUT2D eigenvalue weighted by molar-refractivity contribution is 6.46. The predicted molar refractivity (Wildman–Crippen MR) is 200 cm³/mol. The SMILES string of the molecule is CB(O)NCc1cccc(N/N=C(/C)C(F)(F)F)c1.CB(O)NCc1cccc(NNC(=O)C(F)(F)F)c1.CB(O)NCc1cccc(NNC(=O)C(F)(F)F)c1. The average Bonchev–Trinajstić information content (AvgIpc) is 3.12. The van der Waals surface area contributed by atoms with E-state index in [1.54, 1.807) is 92.0 Å². The highest BCUT2D eigenvalue weighted by Gasteiger charge is 2.39. The van der Waals surface area contributed by atoms with E-state index in [1.807, 2.05) is 0 Å². The highest BCUT2D eigenvalue weighted by atomic mass is 19.4. The molecule has 0 spiro atoms. The summed E-state index contributed by atoms with van der Waals surface area (Å²) in [6, 6.07) is 19.5. The molecule has 26 heteroatoms. The van der Waals surface area contributed by atoms with Gasteiger partial charge >= 0.3 is 51.5 Å². The fourth-order valence-corrected chi connectivity index (χ4v) is 3.68. The molecule has 57 heavy (non-hydrogen) atoms. The fraction of sp³-hybridized carbons (Fsp3) is 0.323. The monoisotopic (exact) mass is 823 g/mol. The number of halogens is 9. The molecule has 3 rings (SSSR count). The van der Waals surface area contributed by atoms with Crippen molar-refractivity contribution in [3.05, 3.63) is 89.5 Å². The molecule has 0 atom stereocenters.